The van der Waals surface area contributed by atoms with Gasteiger partial charge in [-0.2, -0.15) is 0 Å². The van der Waals surface area contributed by atoms with Crippen molar-refractivity contribution in [3.05, 3.63) is 36.4 Å². The monoisotopic (exact) mass is 292 g/mol. The first kappa shape index (κ1) is 14.7. The van der Waals surface area contributed by atoms with Crippen LogP contribution in [0.4, 0.5) is 0 Å². The summed E-state index contributed by atoms with van der Waals surface area (Å²) in [5.41, 5.74) is 1.05. The first-order chi connectivity index (χ1) is 9.56. The molecule has 0 bridgehead atoms. The van der Waals surface area contributed by atoms with Gasteiger partial charge in [-0.15, -0.1) is 0 Å². The van der Waals surface area contributed by atoms with Crippen LogP contribution in [-0.4, -0.2) is 42.9 Å². The van der Waals surface area contributed by atoms with Crippen molar-refractivity contribution in [1.82, 2.24) is 10.2 Å². The average molecular weight is 292 g/mol. The third-order valence-electron chi connectivity index (χ3n) is 2.93. The molecular formula is C15H20N2O2S. The maximum atomic E-state index is 5.91. The van der Waals surface area contributed by atoms with Crippen molar-refractivity contribution >= 4 is 17.3 Å². The van der Waals surface area contributed by atoms with Crippen LogP contribution >= 0.6 is 12.2 Å². The van der Waals surface area contributed by atoms with Gasteiger partial charge < -0.3 is 19.7 Å². The molecule has 0 spiro atoms. The Morgan fingerprint density at radius 1 is 1.45 bits per heavy atom. The van der Waals surface area contributed by atoms with Gasteiger partial charge >= 0.3 is 0 Å². The van der Waals surface area contributed by atoms with Gasteiger partial charge in [0, 0.05) is 13.6 Å². The van der Waals surface area contributed by atoms with Crippen LogP contribution in [0.5, 0.6) is 11.5 Å². The highest BCUT2D eigenvalue weighted by Crippen LogP contribution is 2.30. The molecule has 1 N–H and O–H groups in total. The van der Waals surface area contributed by atoms with Crippen molar-refractivity contribution < 1.29 is 9.47 Å². The van der Waals surface area contributed by atoms with Gasteiger partial charge in [0.2, 0.25) is 0 Å². The lowest BCUT2D eigenvalue weighted by Crippen LogP contribution is -2.45. The Bertz CT molecular complexity index is 504. The lowest BCUT2D eigenvalue weighted by molar-refractivity contribution is 0.0779. The number of nitrogens with zero attached hydrogens (tertiary/aromatic N) is 1. The molecule has 5 heteroatoms. The number of ether oxygens (including phenoxy) is 2. The second-order valence-electron chi connectivity index (χ2n) is 4.99. The Morgan fingerprint density at radius 2 is 2.15 bits per heavy atom. The van der Waals surface area contributed by atoms with Gasteiger partial charge in [-0.25, -0.2) is 0 Å². The molecule has 0 amide bonds. The minimum absolute atomic E-state index is 0.0283. The van der Waals surface area contributed by atoms with Crippen LogP contribution in [0, 0.1) is 0 Å². The summed E-state index contributed by atoms with van der Waals surface area (Å²) in [6.45, 7) is 7.70. The number of hydrogen-bond acceptors (Lipinski definition) is 3. The molecule has 1 unspecified atom stereocenters. The van der Waals surface area contributed by atoms with Crippen molar-refractivity contribution in [2.24, 2.45) is 0 Å². The summed E-state index contributed by atoms with van der Waals surface area (Å²) in [4.78, 5) is 1.96. The SMILES string of the molecule is C=C(C)CNC(=S)N(C)CC1COc2ccccc2O1. The van der Waals surface area contributed by atoms with Gasteiger partial charge in [0.1, 0.15) is 6.61 Å². The van der Waals surface area contributed by atoms with E-state index >= 15 is 0 Å². The predicted molar refractivity (Wildman–Crippen MR) is 84.4 cm³/mol. The summed E-state index contributed by atoms with van der Waals surface area (Å²) in [5.74, 6) is 1.59. The Hall–Kier alpha value is -1.75. The summed E-state index contributed by atoms with van der Waals surface area (Å²) in [6.07, 6.45) is -0.0283. The van der Waals surface area contributed by atoms with Crippen LogP contribution < -0.4 is 14.8 Å². The number of likely N-dealkylation sites (N-methyl/N-ethyl adjacent to an activating group) is 1. The quantitative estimate of drug-likeness (QED) is 0.680. The highest BCUT2D eigenvalue weighted by molar-refractivity contribution is 7.80. The maximum absolute atomic E-state index is 5.91. The van der Waals surface area contributed by atoms with Crippen LogP contribution in [0.3, 0.4) is 0 Å². The fourth-order valence-electron chi connectivity index (χ4n) is 1.90. The normalized spacial score (nSPS) is 16.4. The zero-order chi connectivity index (χ0) is 14.5. The van der Waals surface area contributed by atoms with E-state index in [-0.39, 0.29) is 6.10 Å². The maximum Gasteiger partial charge on any atom is 0.169 e. The molecule has 20 heavy (non-hydrogen) atoms. The van der Waals surface area contributed by atoms with Crippen LogP contribution in [0.25, 0.3) is 0 Å². The first-order valence-corrected chi connectivity index (χ1v) is 6.99. The second-order valence-corrected chi connectivity index (χ2v) is 5.38. The predicted octanol–water partition coefficient (Wildman–Crippen LogP) is 2.21. The summed E-state index contributed by atoms with van der Waals surface area (Å²) in [6, 6.07) is 7.70. The Kier molecular flexibility index (Phi) is 4.84. The zero-order valence-corrected chi connectivity index (χ0v) is 12.7. The fourth-order valence-corrected chi connectivity index (χ4v) is 2.05. The van der Waals surface area contributed by atoms with Crippen LogP contribution in [0.1, 0.15) is 6.92 Å². The van der Waals surface area contributed by atoms with E-state index in [2.05, 4.69) is 11.9 Å². The van der Waals surface area contributed by atoms with Crippen molar-refractivity contribution in [2.75, 3.05) is 26.7 Å². The van der Waals surface area contributed by atoms with E-state index in [1.807, 2.05) is 43.1 Å². The van der Waals surface area contributed by atoms with Crippen LogP contribution in [-0.2, 0) is 0 Å². The molecule has 0 fully saturated rings. The molecule has 1 aromatic carbocycles. The number of para-hydroxylation sites is 2. The van der Waals surface area contributed by atoms with Crippen LogP contribution in [0.15, 0.2) is 36.4 Å². The van der Waals surface area contributed by atoms with Gasteiger partial charge in [0.05, 0.1) is 6.54 Å². The molecule has 0 aromatic heterocycles. The van der Waals surface area contributed by atoms with Crippen molar-refractivity contribution in [3.8, 4) is 11.5 Å². The minimum atomic E-state index is -0.0283. The van der Waals surface area contributed by atoms with E-state index in [4.69, 9.17) is 21.7 Å². The smallest absolute Gasteiger partial charge is 0.169 e. The van der Waals surface area contributed by atoms with E-state index in [0.29, 0.717) is 24.8 Å². The highest BCUT2D eigenvalue weighted by atomic mass is 32.1. The molecule has 1 heterocycles. The molecule has 0 saturated carbocycles. The van der Waals surface area contributed by atoms with Crippen molar-refractivity contribution in [1.29, 1.82) is 0 Å². The van der Waals surface area contributed by atoms with E-state index < -0.39 is 0 Å². The third kappa shape index (κ3) is 3.87. The molecule has 108 valence electrons. The zero-order valence-electron chi connectivity index (χ0n) is 11.9. The number of fused-ring (bicyclic) bond motifs is 1. The molecule has 4 nitrogen and oxygen atoms in total. The summed E-state index contributed by atoms with van der Waals surface area (Å²) in [7, 11) is 1.94. The Balaban J connectivity index is 1.85. The number of rotatable bonds is 4. The summed E-state index contributed by atoms with van der Waals surface area (Å²) < 4.78 is 11.6. The molecule has 1 aromatic rings. The molecule has 1 atom stereocenters. The molecular weight excluding hydrogens is 272 g/mol. The lowest BCUT2D eigenvalue weighted by Gasteiger charge is -2.30. The molecule has 2 rings (SSSR count). The largest absolute Gasteiger partial charge is 0.486 e. The van der Waals surface area contributed by atoms with Gasteiger partial charge in [-0.3, -0.25) is 0 Å². The van der Waals surface area contributed by atoms with Gasteiger partial charge in [-0.1, -0.05) is 24.3 Å². The second kappa shape index (κ2) is 6.61. The number of thiocarbonyl (C=S) groups is 1. The third-order valence-corrected chi connectivity index (χ3v) is 3.39. The minimum Gasteiger partial charge on any atom is -0.486 e. The number of hydrogen-bond donors (Lipinski definition) is 1. The molecule has 0 saturated heterocycles. The van der Waals surface area contributed by atoms with Gasteiger partial charge in [0.25, 0.3) is 0 Å². The topological polar surface area (TPSA) is 33.7 Å². The molecule has 1 aliphatic rings. The average Bonchev–Trinajstić information content (AvgIpc) is 2.44. The Morgan fingerprint density at radius 3 is 2.85 bits per heavy atom. The van der Waals surface area contributed by atoms with Crippen molar-refractivity contribution in [2.45, 2.75) is 13.0 Å². The summed E-state index contributed by atoms with van der Waals surface area (Å²) in [5, 5.41) is 3.84. The van der Waals surface area contributed by atoms with E-state index in [0.717, 1.165) is 17.1 Å². The van der Waals surface area contributed by atoms with Crippen LogP contribution in [0.2, 0.25) is 0 Å². The summed E-state index contributed by atoms with van der Waals surface area (Å²) >= 11 is 5.32. The van der Waals surface area contributed by atoms with Crippen molar-refractivity contribution in [3.63, 3.8) is 0 Å². The highest BCUT2D eigenvalue weighted by Gasteiger charge is 2.22. The van der Waals surface area contributed by atoms with Gasteiger partial charge in [0.15, 0.2) is 22.7 Å². The first-order valence-electron chi connectivity index (χ1n) is 6.58. The number of benzene rings is 1. The molecule has 0 aliphatic carbocycles. The number of nitrogens with one attached hydrogen (secondary N) is 1. The fraction of sp³-hybridized carbons (Fsp3) is 0.400. The van der Waals surface area contributed by atoms with E-state index in [9.17, 15) is 0 Å². The standard InChI is InChI=1S/C15H20N2O2S/c1-11(2)8-16-15(20)17(3)9-12-10-18-13-6-4-5-7-14(13)19-12/h4-7,12H,1,8-10H2,2-3H3,(H,16,20). The molecule has 0 radical (unpaired) electrons. The van der Waals surface area contributed by atoms with E-state index in [1.54, 1.807) is 0 Å². The lowest BCUT2D eigenvalue weighted by atomic mass is 10.2. The van der Waals surface area contributed by atoms with E-state index in [1.165, 1.54) is 0 Å². The van der Waals surface area contributed by atoms with Gasteiger partial charge in [-0.05, 0) is 31.3 Å². The molecule has 1 aliphatic heterocycles. The Labute approximate surface area is 125 Å².